The molecule has 0 rings (SSSR count). The van der Waals surface area contributed by atoms with Gasteiger partial charge >= 0.3 is 0 Å². The Balaban J connectivity index is 3.87. The number of rotatable bonds is 3. The minimum atomic E-state index is -2.90. The van der Waals surface area contributed by atoms with Gasteiger partial charge in [0.1, 0.15) is 0 Å². The topological polar surface area (TPSA) is 55.1 Å². The van der Waals surface area contributed by atoms with Crippen molar-refractivity contribution in [1.29, 1.82) is 0 Å². The molecular formula is C6H12F2N2O. The summed E-state index contributed by atoms with van der Waals surface area (Å²) in [5, 5.41) is 2.06. The average molecular weight is 166 g/mol. The van der Waals surface area contributed by atoms with E-state index >= 15 is 0 Å². The fourth-order valence-electron chi connectivity index (χ4n) is 0.427. The number of alkyl halides is 2. The largest absolute Gasteiger partial charge is 0.347 e. The fraction of sp³-hybridized carbons (Fsp3) is 0.833. The maximum absolute atomic E-state index is 12.4. The van der Waals surface area contributed by atoms with Gasteiger partial charge in [-0.2, -0.15) is 0 Å². The highest BCUT2D eigenvalue weighted by Crippen LogP contribution is 2.16. The van der Waals surface area contributed by atoms with Gasteiger partial charge in [0.15, 0.2) is 0 Å². The van der Waals surface area contributed by atoms with Crippen molar-refractivity contribution in [1.82, 2.24) is 5.32 Å². The molecule has 0 saturated heterocycles. The summed E-state index contributed by atoms with van der Waals surface area (Å²) in [4.78, 5) is 10.5. The first-order chi connectivity index (χ1) is 4.88. The number of hydrogen-bond donors (Lipinski definition) is 2. The van der Waals surface area contributed by atoms with Gasteiger partial charge in [-0.05, 0) is 6.92 Å². The molecule has 1 amide bonds. The maximum Gasteiger partial charge on any atom is 0.264 e. The molecule has 0 heterocycles. The lowest BCUT2D eigenvalue weighted by molar-refractivity contribution is -0.123. The molecule has 0 aromatic carbocycles. The molecule has 0 spiro atoms. The van der Waals surface area contributed by atoms with Crippen molar-refractivity contribution < 1.29 is 13.6 Å². The van der Waals surface area contributed by atoms with Crippen LogP contribution in [0.2, 0.25) is 0 Å². The third kappa shape index (κ3) is 3.87. The summed E-state index contributed by atoms with van der Waals surface area (Å²) in [7, 11) is 0. The highest BCUT2D eigenvalue weighted by molar-refractivity contribution is 5.78. The van der Waals surface area contributed by atoms with Gasteiger partial charge in [0.05, 0.1) is 12.6 Å². The van der Waals surface area contributed by atoms with Gasteiger partial charge in [0.2, 0.25) is 5.91 Å². The van der Waals surface area contributed by atoms with E-state index in [1.807, 2.05) is 0 Å². The van der Waals surface area contributed by atoms with Crippen molar-refractivity contribution >= 4 is 5.91 Å². The minimum Gasteiger partial charge on any atom is -0.347 e. The Kier molecular flexibility index (Phi) is 3.38. The summed E-state index contributed by atoms with van der Waals surface area (Å²) in [6.45, 7) is 1.71. The Morgan fingerprint density at radius 3 is 2.45 bits per heavy atom. The van der Waals surface area contributed by atoms with Crippen molar-refractivity contribution in [2.75, 3.05) is 6.54 Å². The number of nitrogens with two attached hydrogens (primary N) is 1. The van der Waals surface area contributed by atoms with Crippen molar-refractivity contribution in [2.24, 2.45) is 5.73 Å². The van der Waals surface area contributed by atoms with Gasteiger partial charge in [-0.3, -0.25) is 4.79 Å². The van der Waals surface area contributed by atoms with Gasteiger partial charge < -0.3 is 11.1 Å². The van der Waals surface area contributed by atoms with Crippen LogP contribution in [0.15, 0.2) is 0 Å². The Morgan fingerprint density at radius 1 is 1.73 bits per heavy atom. The maximum atomic E-state index is 12.4. The highest BCUT2D eigenvalue weighted by atomic mass is 19.3. The van der Waals surface area contributed by atoms with E-state index in [-0.39, 0.29) is 6.54 Å². The van der Waals surface area contributed by atoms with E-state index in [0.717, 1.165) is 6.92 Å². The third-order valence-corrected chi connectivity index (χ3v) is 1.32. The SMILES string of the molecule is CC(NC(=O)CN)C(C)(F)F. The molecule has 0 aliphatic rings. The van der Waals surface area contributed by atoms with Crippen LogP contribution in [0.1, 0.15) is 13.8 Å². The molecule has 0 aliphatic carbocycles. The van der Waals surface area contributed by atoms with E-state index in [1.54, 1.807) is 0 Å². The molecule has 0 fully saturated rings. The lowest BCUT2D eigenvalue weighted by Gasteiger charge is -2.19. The second kappa shape index (κ2) is 3.61. The van der Waals surface area contributed by atoms with Crippen LogP contribution in [0, 0.1) is 0 Å². The van der Waals surface area contributed by atoms with Crippen molar-refractivity contribution in [2.45, 2.75) is 25.8 Å². The smallest absolute Gasteiger partial charge is 0.264 e. The van der Waals surface area contributed by atoms with E-state index in [9.17, 15) is 13.6 Å². The summed E-state index contributed by atoms with van der Waals surface area (Å²) in [6, 6.07) is -1.17. The van der Waals surface area contributed by atoms with Crippen LogP contribution < -0.4 is 11.1 Å². The van der Waals surface area contributed by atoms with Gasteiger partial charge in [-0.15, -0.1) is 0 Å². The number of hydrogen-bond acceptors (Lipinski definition) is 2. The molecule has 0 aliphatic heterocycles. The Morgan fingerprint density at radius 2 is 2.18 bits per heavy atom. The zero-order chi connectivity index (χ0) is 9.07. The summed E-state index contributed by atoms with van der Waals surface area (Å²) in [6.07, 6.45) is 0. The molecule has 0 bridgehead atoms. The zero-order valence-electron chi connectivity index (χ0n) is 6.53. The third-order valence-electron chi connectivity index (χ3n) is 1.32. The summed E-state index contributed by atoms with van der Waals surface area (Å²) < 4.78 is 24.7. The van der Waals surface area contributed by atoms with Crippen LogP contribution in [-0.4, -0.2) is 24.4 Å². The predicted octanol–water partition coefficient (Wildman–Crippen LogP) is 0.105. The molecular weight excluding hydrogens is 154 g/mol. The molecule has 66 valence electrons. The molecule has 1 unspecified atom stereocenters. The van der Waals surface area contributed by atoms with Crippen molar-refractivity contribution in [3.05, 3.63) is 0 Å². The molecule has 0 aromatic heterocycles. The molecule has 0 aromatic rings. The zero-order valence-corrected chi connectivity index (χ0v) is 6.53. The summed E-state index contributed by atoms with van der Waals surface area (Å²) in [5.41, 5.74) is 4.91. The normalized spacial score (nSPS) is 14.3. The predicted molar refractivity (Wildman–Crippen MR) is 37.3 cm³/mol. The van der Waals surface area contributed by atoms with E-state index < -0.39 is 17.9 Å². The van der Waals surface area contributed by atoms with Gasteiger partial charge in [-0.1, -0.05) is 0 Å². The molecule has 11 heavy (non-hydrogen) atoms. The van der Waals surface area contributed by atoms with Gasteiger partial charge in [-0.25, -0.2) is 8.78 Å². The minimum absolute atomic E-state index is 0.263. The number of amides is 1. The van der Waals surface area contributed by atoms with Crippen LogP contribution in [-0.2, 0) is 4.79 Å². The van der Waals surface area contributed by atoms with E-state index in [4.69, 9.17) is 5.73 Å². The molecule has 0 saturated carbocycles. The van der Waals surface area contributed by atoms with Crippen LogP contribution in [0.3, 0.4) is 0 Å². The van der Waals surface area contributed by atoms with E-state index in [0.29, 0.717) is 0 Å². The Labute approximate surface area is 63.9 Å². The van der Waals surface area contributed by atoms with Crippen LogP contribution >= 0.6 is 0 Å². The second-order valence-corrected chi connectivity index (χ2v) is 2.45. The van der Waals surface area contributed by atoms with Crippen molar-refractivity contribution in [3.8, 4) is 0 Å². The molecule has 0 radical (unpaired) electrons. The van der Waals surface area contributed by atoms with Crippen LogP contribution in [0.4, 0.5) is 8.78 Å². The molecule has 3 N–H and O–H groups in total. The van der Waals surface area contributed by atoms with Gasteiger partial charge in [0, 0.05) is 6.92 Å². The van der Waals surface area contributed by atoms with Gasteiger partial charge in [0.25, 0.3) is 5.92 Å². The molecule has 1 atom stereocenters. The highest BCUT2D eigenvalue weighted by Gasteiger charge is 2.30. The van der Waals surface area contributed by atoms with E-state index in [2.05, 4.69) is 5.32 Å². The lowest BCUT2D eigenvalue weighted by atomic mass is 10.2. The first-order valence-electron chi connectivity index (χ1n) is 3.25. The van der Waals surface area contributed by atoms with Crippen LogP contribution in [0.25, 0.3) is 0 Å². The van der Waals surface area contributed by atoms with Crippen molar-refractivity contribution in [3.63, 3.8) is 0 Å². The standard InChI is InChI=1S/C6H12F2N2O/c1-4(6(2,7)8)10-5(11)3-9/h4H,3,9H2,1-2H3,(H,10,11). The lowest BCUT2D eigenvalue weighted by Crippen LogP contribution is -2.45. The fourth-order valence-corrected chi connectivity index (χ4v) is 0.427. The number of nitrogens with one attached hydrogen (secondary N) is 1. The second-order valence-electron chi connectivity index (χ2n) is 2.45. The monoisotopic (exact) mass is 166 g/mol. The van der Waals surface area contributed by atoms with E-state index in [1.165, 1.54) is 6.92 Å². The summed E-state index contributed by atoms with van der Waals surface area (Å²) >= 11 is 0. The summed E-state index contributed by atoms with van der Waals surface area (Å²) in [5.74, 6) is -3.47. The molecule has 3 nitrogen and oxygen atoms in total. The number of carbonyl (C=O) groups excluding carboxylic acids is 1. The Hall–Kier alpha value is -0.710. The first kappa shape index (κ1) is 10.3. The number of halogens is 2. The number of carbonyl (C=O) groups is 1. The first-order valence-corrected chi connectivity index (χ1v) is 3.25. The van der Waals surface area contributed by atoms with Crippen LogP contribution in [0.5, 0.6) is 0 Å². The molecule has 5 heteroatoms. The Bertz CT molecular complexity index is 144. The quantitative estimate of drug-likeness (QED) is 0.625. The average Bonchev–Trinajstić information content (AvgIpc) is 1.85.